The lowest BCUT2D eigenvalue weighted by molar-refractivity contribution is -0.156. The largest absolute Gasteiger partial charge is 0.465 e. The van der Waals surface area contributed by atoms with Crippen molar-refractivity contribution in [3.8, 4) is 0 Å². The average Bonchev–Trinajstić information content (AvgIpc) is 3.64. The molecule has 5 aliphatic carbocycles. The van der Waals surface area contributed by atoms with Crippen LogP contribution in [0.2, 0.25) is 0 Å². The van der Waals surface area contributed by atoms with Crippen LogP contribution in [0.4, 0.5) is 0 Å². The molecule has 0 aromatic rings. The number of Topliss-reactive ketones (excluding diaryl/α,β-unsaturated/α-hetero) is 2. The molecule has 4 fully saturated rings. The van der Waals surface area contributed by atoms with E-state index in [1.807, 2.05) is 19.9 Å². The molecule has 2 spiro atoms. The number of nitrogens with zero attached hydrogens (tertiary/aromatic N) is 1. The summed E-state index contributed by atoms with van der Waals surface area (Å²) in [4.78, 5) is 67.5. The van der Waals surface area contributed by atoms with Crippen molar-refractivity contribution in [1.82, 2.24) is 4.90 Å². The van der Waals surface area contributed by atoms with Crippen molar-refractivity contribution in [1.29, 1.82) is 0 Å². The number of ether oxygens (including phenoxy) is 2. The number of ketones is 3. The van der Waals surface area contributed by atoms with Gasteiger partial charge in [0.15, 0.2) is 5.78 Å². The molecule has 0 aliphatic heterocycles. The maximum atomic E-state index is 14.1. The summed E-state index contributed by atoms with van der Waals surface area (Å²) in [6.07, 6.45) is 9.71. The van der Waals surface area contributed by atoms with Crippen LogP contribution in [0.1, 0.15) is 107 Å². The molecule has 0 saturated heterocycles. The SMILES string of the molecule is CCN(CC)CCC(=O)OCC(C)C(C)C(=O)C(=O)C(C)C1C(OC(C)=O)CC2(C)C3CCC4C(C)C(=O)C=CC45CC35CCC12C. The second-order valence-corrected chi connectivity index (χ2v) is 16.6. The first kappa shape index (κ1) is 35.9. The predicted molar refractivity (Wildman–Crippen MR) is 179 cm³/mol. The first-order valence-corrected chi connectivity index (χ1v) is 18.4. The number of carbonyl (C=O) groups excluding carboxylic acids is 5. The van der Waals surface area contributed by atoms with E-state index in [-0.39, 0.29) is 63.7 Å². The summed E-state index contributed by atoms with van der Waals surface area (Å²) >= 11 is 0. The smallest absolute Gasteiger partial charge is 0.307 e. The second-order valence-electron chi connectivity index (χ2n) is 16.6. The van der Waals surface area contributed by atoms with Gasteiger partial charge < -0.3 is 14.4 Å². The monoisotopic (exact) mass is 653 g/mol. The Hall–Kier alpha value is -2.35. The summed E-state index contributed by atoms with van der Waals surface area (Å²) in [5.74, 6) is -2.24. The Kier molecular flexibility index (Phi) is 9.82. The quantitative estimate of drug-likeness (QED) is 0.170. The van der Waals surface area contributed by atoms with Gasteiger partial charge in [-0.1, -0.05) is 61.5 Å². The molecule has 5 aliphatic rings. The van der Waals surface area contributed by atoms with Crippen LogP contribution in [0.3, 0.4) is 0 Å². The maximum absolute atomic E-state index is 14.1. The van der Waals surface area contributed by atoms with Gasteiger partial charge in [0.1, 0.15) is 6.10 Å². The summed E-state index contributed by atoms with van der Waals surface area (Å²) in [5.41, 5.74) is -0.273. The number of rotatable bonds is 13. The minimum Gasteiger partial charge on any atom is -0.465 e. The maximum Gasteiger partial charge on any atom is 0.307 e. The average molecular weight is 654 g/mol. The Balaban J connectivity index is 1.32. The van der Waals surface area contributed by atoms with Gasteiger partial charge in [0.2, 0.25) is 11.6 Å². The molecule has 8 nitrogen and oxygen atoms in total. The highest BCUT2D eigenvalue weighted by Gasteiger charge is 2.81. The van der Waals surface area contributed by atoms with Crippen molar-refractivity contribution in [3.63, 3.8) is 0 Å². The van der Waals surface area contributed by atoms with Crippen molar-refractivity contribution >= 4 is 29.3 Å². The fourth-order valence-electron chi connectivity index (χ4n) is 11.7. The van der Waals surface area contributed by atoms with Gasteiger partial charge in [0, 0.05) is 43.1 Å². The molecule has 262 valence electrons. The molecule has 0 N–H and O–H groups in total. The molecule has 0 radical (unpaired) electrons. The van der Waals surface area contributed by atoms with Crippen LogP contribution in [-0.2, 0) is 33.4 Å². The van der Waals surface area contributed by atoms with Gasteiger partial charge in [0.05, 0.1) is 13.0 Å². The summed E-state index contributed by atoms with van der Waals surface area (Å²) in [6.45, 7) is 20.2. The van der Waals surface area contributed by atoms with Crippen LogP contribution in [0.25, 0.3) is 0 Å². The van der Waals surface area contributed by atoms with Gasteiger partial charge in [-0.05, 0) is 91.2 Å². The highest BCUT2D eigenvalue weighted by Crippen LogP contribution is 2.87. The molecule has 0 heterocycles. The molecule has 0 aromatic heterocycles. The number of hydrogen-bond acceptors (Lipinski definition) is 8. The number of allylic oxidation sites excluding steroid dienone is 2. The van der Waals surface area contributed by atoms with E-state index in [0.29, 0.717) is 31.2 Å². The standard InChI is InChI=1S/C39H59NO7/c1-10-40(11-2)19-15-32(43)46-21-23(3)24(4)34(44)35(45)26(6)33-30(47-27(7)41)20-37(9)31-13-12-28-25(5)29(42)14-16-38(28)22-39(31,38)18-17-36(33,37)8/h14,16,23-26,28,30-31,33H,10-13,15,17-22H2,1-9H3. The summed E-state index contributed by atoms with van der Waals surface area (Å²) in [5, 5.41) is 0. The molecule has 12 atom stereocenters. The molecule has 5 rings (SSSR count). The zero-order valence-electron chi connectivity index (χ0n) is 30.4. The van der Waals surface area contributed by atoms with E-state index in [1.54, 1.807) is 6.92 Å². The van der Waals surface area contributed by atoms with Crippen LogP contribution in [0.5, 0.6) is 0 Å². The van der Waals surface area contributed by atoms with Crippen molar-refractivity contribution in [2.24, 2.45) is 63.1 Å². The van der Waals surface area contributed by atoms with Gasteiger partial charge in [-0.3, -0.25) is 24.0 Å². The molecule has 0 amide bonds. The molecule has 47 heavy (non-hydrogen) atoms. The van der Waals surface area contributed by atoms with Gasteiger partial charge >= 0.3 is 11.9 Å². The lowest BCUT2D eigenvalue weighted by Gasteiger charge is -2.60. The van der Waals surface area contributed by atoms with Crippen molar-refractivity contribution in [3.05, 3.63) is 12.2 Å². The molecule has 12 unspecified atom stereocenters. The zero-order chi connectivity index (χ0) is 34.7. The van der Waals surface area contributed by atoms with Crippen LogP contribution in [-0.4, -0.2) is 66.5 Å². The van der Waals surface area contributed by atoms with E-state index < -0.39 is 29.5 Å². The first-order chi connectivity index (χ1) is 22.0. The normalized spacial score (nSPS) is 40.3. The predicted octanol–water partition coefficient (Wildman–Crippen LogP) is 6.24. The third-order valence-electron chi connectivity index (χ3n) is 14.8. The van der Waals surface area contributed by atoms with Gasteiger partial charge in [0.25, 0.3) is 0 Å². The third kappa shape index (κ3) is 5.56. The van der Waals surface area contributed by atoms with Crippen LogP contribution < -0.4 is 0 Å². The first-order valence-electron chi connectivity index (χ1n) is 18.4. The van der Waals surface area contributed by atoms with Gasteiger partial charge in [-0.25, -0.2) is 0 Å². The van der Waals surface area contributed by atoms with Crippen LogP contribution in [0, 0.1) is 63.1 Å². The van der Waals surface area contributed by atoms with E-state index in [9.17, 15) is 24.0 Å². The van der Waals surface area contributed by atoms with Crippen molar-refractivity contribution < 1.29 is 33.4 Å². The van der Waals surface area contributed by atoms with E-state index >= 15 is 0 Å². The van der Waals surface area contributed by atoms with E-state index in [4.69, 9.17) is 9.47 Å². The van der Waals surface area contributed by atoms with E-state index in [2.05, 4.69) is 45.6 Å². The van der Waals surface area contributed by atoms with E-state index in [0.717, 1.165) is 45.2 Å². The highest BCUT2D eigenvalue weighted by molar-refractivity contribution is 6.38. The highest BCUT2D eigenvalue weighted by atomic mass is 16.5. The van der Waals surface area contributed by atoms with Crippen LogP contribution in [0.15, 0.2) is 12.2 Å². The summed E-state index contributed by atoms with van der Waals surface area (Å²) < 4.78 is 11.6. The molecular formula is C39H59NO7. The summed E-state index contributed by atoms with van der Waals surface area (Å²) in [7, 11) is 0. The Labute approximate surface area is 282 Å². The number of carbonyl (C=O) groups is 5. The number of fused-ring (bicyclic) bond motifs is 2. The minimum atomic E-state index is -0.615. The lowest BCUT2D eigenvalue weighted by atomic mass is 9.43. The molecule has 0 aromatic carbocycles. The second kappa shape index (κ2) is 12.8. The topological polar surface area (TPSA) is 107 Å². The summed E-state index contributed by atoms with van der Waals surface area (Å²) in [6, 6.07) is 0. The third-order valence-corrected chi connectivity index (χ3v) is 14.8. The number of hydrogen-bond donors (Lipinski definition) is 0. The molecule has 4 saturated carbocycles. The molecule has 8 heteroatoms. The lowest BCUT2D eigenvalue weighted by Crippen LogP contribution is -2.55. The molecular weight excluding hydrogens is 594 g/mol. The van der Waals surface area contributed by atoms with Gasteiger partial charge in [-0.2, -0.15) is 0 Å². The van der Waals surface area contributed by atoms with E-state index in [1.165, 1.54) is 6.92 Å². The van der Waals surface area contributed by atoms with Crippen molar-refractivity contribution in [2.75, 3.05) is 26.2 Å². The Morgan fingerprint density at radius 2 is 1.68 bits per heavy atom. The zero-order valence-corrected chi connectivity index (χ0v) is 30.4. The fourth-order valence-corrected chi connectivity index (χ4v) is 11.7. The minimum absolute atomic E-state index is 0.0515. The Morgan fingerprint density at radius 1 is 1.00 bits per heavy atom. The fraction of sp³-hybridized carbons (Fsp3) is 0.821. The Bertz CT molecular complexity index is 1320. The van der Waals surface area contributed by atoms with Crippen molar-refractivity contribution in [2.45, 2.75) is 113 Å². The molecule has 0 bridgehead atoms. The van der Waals surface area contributed by atoms with Gasteiger partial charge in [-0.15, -0.1) is 0 Å². The number of esters is 2. The Morgan fingerprint density at radius 3 is 2.32 bits per heavy atom. The van der Waals surface area contributed by atoms with Crippen LogP contribution >= 0.6 is 0 Å².